The van der Waals surface area contributed by atoms with E-state index in [4.69, 9.17) is 9.90 Å². The van der Waals surface area contributed by atoms with Gasteiger partial charge in [-0.05, 0) is 6.07 Å². The molecule has 1 aliphatic heterocycles. The van der Waals surface area contributed by atoms with Crippen LogP contribution in [-0.4, -0.2) is 53.4 Å². The second-order valence-corrected chi connectivity index (χ2v) is 7.04. The number of carbonyl (C=O) groups is 1. The summed E-state index contributed by atoms with van der Waals surface area (Å²) in [6.45, 7) is 2.05. The summed E-state index contributed by atoms with van der Waals surface area (Å²) in [6, 6.07) is 8.95. The number of alkyl halides is 3. The smallest absolute Gasteiger partial charge is 0.475 e. The predicted molar refractivity (Wildman–Crippen MR) is 102 cm³/mol. The van der Waals surface area contributed by atoms with Gasteiger partial charge in [-0.2, -0.15) is 13.2 Å². The lowest BCUT2D eigenvalue weighted by Gasteiger charge is -2.36. The molecule has 0 amide bonds. The second kappa shape index (κ2) is 8.11. The Hall–Kier alpha value is -2.72. The van der Waals surface area contributed by atoms with Crippen molar-refractivity contribution in [2.45, 2.75) is 12.2 Å². The van der Waals surface area contributed by atoms with Crippen LogP contribution in [-0.2, 0) is 4.79 Å². The highest BCUT2D eigenvalue weighted by atomic mass is 32.1. The van der Waals surface area contributed by atoms with E-state index in [9.17, 15) is 13.2 Å². The Balaban J connectivity index is 0.000000279. The molecular formula is C18H17F3N4O2S. The lowest BCUT2D eigenvalue weighted by Crippen LogP contribution is -2.56. The second-order valence-electron chi connectivity index (χ2n) is 6.13. The molecule has 0 spiro atoms. The molecule has 2 aromatic heterocycles. The summed E-state index contributed by atoms with van der Waals surface area (Å²) >= 11 is 1.75. The van der Waals surface area contributed by atoms with Gasteiger partial charge in [0.25, 0.3) is 0 Å². The first-order valence-corrected chi connectivity index (χ1v) is 9.17. The van der Waals surface area contributed by atoms with Gasteiger partial charge in [-0.25, -0.2) is 9.78 Å². The van der Waals surface area contributed by atoms with E-state index in [-0.39, 0.29) is 0 Å². The van der Waals surface area contributed by atoms with E-state index in [0.29, 0.717) is 6.04 Å². The number of nitrogens with zero attached hydrogens (tertiary/aromatic N) is 3. The monoisotopic (exact) mass is 410 g/mol. The van der Waals surface area contributed by atoms with Crippen molar-refractivity contribution in [3.8, 4) is 11.3 Å². The molecule has 0 aliphatic carbocycles. The number of hydrogen-bond acceptors (Lipinski definition) is 6. The quantitative estimate of drug-likeness (QED) is 0.689. The van der Waals surface area contributed by atoms with Crippen LogP contribution in [0.15, 0.2) is 42.0 Å². The molecule has 0 bridgehead atoms. The Bertz CT molecular complexity index is 955. The number of hydrogen-bond donors (Lipinski definition) is 2. The Morgan fingerprint density at radius 1 is 1.25 bits per heavy atom. The number of nitrogens with one attached hydrogen (secondary N) is 1. The zero-order valence-electron chi connectivity index (χ0n) is 14.8. The molecule has 1 aliphatic rings. The zero-order chi connectivity index (χ0) is 20.3. The van der Waals surface area contributed by atoms with Crippen molar-refractivity contribution in [2.24, 2.45) is 0 Å². The number of rotatable bonds is 3. The summed E-state index contributed by atoms with van der Waals surface area (Å²) in [5, 5.41) is 13.8. The van der Waals surface area contributed by atoms with Gasteiger partial charge in [0.2, 0.25) is 0 Å². The minimum atomic E-state index is -5.08. The fraction of sp³-hybridized carbons (Fsp3) is 0.278. The van der Waals surface area contributed by atoms with E-state index >= 15 is 0 Å². The molecular weight excluding hydrogens is 393 g/mol. The van der Waals surface area contributed by atoms with Gasteiger partial charge in [-0.3, -0.25) is 4.98 Å². The third kappa shape index (κ3) is 4.39. The molecule has 148 valence electrons. The van der Waals surface area contributed by atoms with Gasteiger partial charge < -0.3 is 15.3 Å². The molecule has 3 aromatic rings. The van der Waals surface area contributed by atoms with Crippen LogP contribution in [0.25, 0.3) is 21.3 Å². The van der Waals surface area contributed by atoms with Crippen LogP contribution in [0.2, 0.25) is 0 Å². The normalized spacial score (nSPS) is 14.1. The summed E-state index contributed by atoms with van der Waals surface area (Å²) in [7, 11) is 2.08. The van der Waals surface area contributed by atoms with Gasteiger partial charge in [-0.15, -0.1) is 11.3 Å². The van der Waals surface area contributed by atoms with Crippen molar-refractivity contribution in [3.63, 3.8) is 0 Å². The number of thiophene rings is 1. The number of carboxylic acids is 1. The Morgan fingerprint density at radius 2 is 1.93 bits per heavy atom. The maximum Gasteiger partial charge on any atom is 0.490 e. The maximum atomic E-state index is 10.6. The van der Waals surface area contributed by atoms with E-state index in [2.05, 4.69) is 56.9 Å². The summed E-state index contributed by atoms with van der Waals surface area (Å²) in [4.78, 5) is 20.3. The van der Waals surface area contributed by atoms with Crippen LogP contribution in [0.5, 0.6) is 0 Å². The SMILES string of the molecule is CN(c1cnc(-c2csc3ccccc23)cn1)C1CNC1.O=C(O)C(F)(F)F. The molecule has 0 unspecified atom stereocenters. The average molecular weight is 410 g/mol. The van der Waals surface area contributed by atoms with Gasteiger partial charge in [-0.1, -0.05) is 18.2 Å². The minimum absolute atomic E-state index is 0.534. The molecule has 0 radical (unpaired) electrons. The van der Waals surface area contributed by atoms with E-state index in [1.165, 1.54) is 15.6 Å². The molecule has 2 N–H and O–H groups in total. The van der Waals surface area contributed by atoms with Crippen molar-refractivity contribution in [3.05, 3.63) is 42.0 Å². The number of benzene rings is 1. The van der Waals surface area contributed by atoms with E-state index < -0.39 is 12.1 Å². The highest BCUT2D eigenvalue weighted by Crippen LogP contribution is 2.32. The first-order valence-electron chi connectivity index (χ1n) is 8.29. The summed E-state index contributed by atoms with van der Waals surface area (Å²) in [6.07, 6.45) is -1.33. The standard InChI is InChI=1S/C16H16N4S.C2HF3O2/c1-20(11-6-17-7-11)16-9-18-14(8-19-16)13-10-21-15-5-3-2-4-12(13)15;3-2(4,5)1(6)7/h2-5,8-11,17H,6-7H2,1H3;(H,6,7). The van der Waals surface area contributed by atoms with Crippen LogP contribution in [0.1, 0.15) is 0 Å². The summed E-state index contributed by atoms with van der Waals surface area (Å²) < 4.78 is 33.0. The number of halogens is 3. The fourth-order valence-corrected chi connectivity index (χ4v) is 3.51. The van der Waals surface area contributed by atoms with Gasteiger partial charge in [0.05, 0.1) is 24.1 Å². The molecule has 6 nitrogen and oxygen atoms in total. The topological polar surface area (TPSA) is 78.4 Å². The van der Waals surface area contributed by atoms with Gasteiger partial charge in [0, 0.05) is 41.2 Å². The highest BCUT2D eigenvalue weighted by molar-refractivity contribution is 7.17. The number of anilines is 1. The number of carboxylic acid groups (broad SMARTS) is 1. The first kappa shape index (κ1) is 20.0. The van der Waals surface area contributed by atoms with Crippen LogP contribution < -0.4 is 10.2 Å². The van der Waals surface area contributed by atoms with Crippen molar-refractivity contribution in [2.75, 3.05) is 25.0 Å². The summed E-state index contributed by atoms with van der Waals surface area (Å²) in [5.41, 5.74) is 2.11. The molecule has 1 saturated heterocycles. The van der Waals surface area contributed by atoms with E-state index in [1.54, 1.807) is 11.3 Å². The van der Waals surface area contributed by atoms with Crippen LogP contribution >= 0.6 is 11.3 Å². The molecule has 0 saturated carbocycles. The van der Waals surface area contributed by atoms with Gasteiger partial charge >= 0.3 is 12.1 Å². The zero-order valence-corrected chi connectivity index (χ0v) is 15.6. The van der Waals surface area contributed by atoms with Crippen molar-refractivity contribution in [1.82, 2.24) is 15.3 Å². The largest absolute Gasteiger partial charge is 0.490 e. The lowest BCUT2D eigenvalue weighted by molar-refractivity contribution is -0.192. The Labute approximate surface area is 162 Å². The van der Waals surface area contributed by atoms with Gasteiger partial charge in [0.15, 0.2) is 0 Å². The summed E-state index contributed by atoms with van der Waals surface area (Å²) in [5.74, 6) is -1.82. The average Bonchev–Trinajstić information content (AvgIpc) is 3.04. The third-order valence-electron chi connectivity index (χ3n) is 4.31. The minimum Gasteiger partial charge on any atom is -0.475 e. The molecule has 28 heavy (non-hydrogen) atoms. The van der Waals surface area contributed by atoms with Gasteiger partial charge in [0.1, 0.15) is 5.82 Å². The fourth-order valence-electron chi connectivity index (χ4n) is 2.55. The molecule has 1 fully saturated rings. The first-order chi connectivity index (χ1) is 13.3. The lowest BCUT2D eigenvalue weighted by atomic mass is 10.1. The van der Waals surface area contributed by atoms with E-state index in [1.807, 2.05) is 12.4 Å². The Morgan fingerprint density at radius 3 is 2.46 bits per heavy atom. The van der Waals surface area contributed by atoms with Crippen molar-refractivity contribution < 1.29 is 23.1 Å². The molecule has 0 atom stereocenters. The Kier molecular flexibility index (Phi) is 5.80. The molecule has 1 aromatic carbocycles. The number of likely N-dealkylation sites (N-methyl/N-ethyl adjacent to an activating group) is 1. The van der Waals surface area contributed by atoms with Crippen molar-refractivity contribution in [1.29, 1.82) is 0 Å². The molecule has 4 rings (SSSR count). The molecule has 10 heteroatoms. The number of aliphatic carboxylic acids is 1. The van der Waals surface area contributed by atoms with Crippen molar-refractivity contribution >= 4 is 33.2 Å². The highest BCUT2D eigenvalue weighted by Gasteiger charge is 2.38. The predicted octanol–water partition coefficient (Wildman–Crippen LogP) is 3.40. The van der Waals surface area contributed by atoms with Crippen LogP contribution in [0.3, 0.4) is 0 Å². The third-order valence-corrected chi connectivity index (χ3v) is 5.27. The number of fused-ring (bicyclic) bond motifs is 1. The number of aromatic nitrogens is 2. The maximum absolute atomic E-state index is 10.6. The van der Waals surface area contributed by atoms with E-state index in [0.717, 1.165) is 24.6 Å². The van der Waals surface area contributed by atoms with Crippen LogP contribution in [0.4, 0.5) is 19.0 Å². The van der Waals surface area contributed by atoms with Crippen LogP contribution in [0, 0.1) is 0 Å². The molecule has 3 heterocycles.